The zero-order chi connectivity index (χ0) is 15.6. The van der Waals surface area contributed by atoms with Crippen LogP contribution in [0.15, 0.2) is 12.1 Å². The average Bonchev–Trinajstić information content (AvgIpc) is 2.48. The van der Waals surface area contributed by atoms with Gasteiger partial charge in [0.05, 0.1) is 22.6 Å². The molecule has 1 amide bonds. The van der Waals surface area contributed by atoms with Gasteiger partial charge in [0, 0.05) is 18.2 Å². The fraction of sp³-hybridized carbons (Fsp3) is 0.462. The number of halogens is 1. The van der Waals surface area contributed by atoms with Crippen LogP contribution in [0, 0.1) is 10.1 Å². The number of nitro benzene ring substituents is 1. The highest BCUT2D eigenvalue weighted by Gasteiger charge is 2.29. The number of nitrogens with zero attached hydrogens (tertiary/aromatic N) is 2. The summed E-state index contributed by atoms with van der Waals surface area (Å²) in [7, 11) is 0. The van der Waals surface area contributed by atoms with Gasteiger partial charge in [-0.2, -0.15) is 0 Å². The van der Waals surface area contributed by atoms with Crippen molar-refractivity contribution in [3.05, 3.63) is 32.8 Å². The number of carbonyl (C=O) groups is 1. The van der Waals surface area contributed by atoms with Gasteiger partial charge in [-0.3, -0.25) is 14.9 Å². The molecule has 1 atom stereocenters. The lowest BCUT2D eigenvalue weighted by molar-refractivity contribution is -0.383. The lowest BCUT2D eigenvalue weighted by Crippen LogP contribution is -2.45. The van der Waals surface area contributed by atoms with E-state index in [1.54, 1.807) is 0 Å². The Balaban J connectivity index is 2.36. The number of amides is 1. The molecule has 0 aromatic heterocycles. The smallest absolute Gasteiger partial charge is 0.294 e. The Labute approximate surface area is 126 Å². The monoisotopic (exact) mass is 313 g/mol. The number of aliphatic hydroxyl groups is 1. The van der Waals surface area contributed by atoms with E-state index in [0.29, 0.717) is 13.0 Å². The van der Waals surface area contributed by atoms with Gasteiger partial charge < -0.3 is 15.7 Å². The molecule has 7 nitrogen and oxygen atoms in total. The number of hydrogen-bond acceptors (Lipinski definition) is 5. The third-order valence-corrected chi connectivity index (χ3v) is 3.96. The van der Waals surface area contributed by atoms with E-state index in [2.05, 4.69) is 0 Å². The Morgan fingerprint density at radius 1 is 1.52 bits per heavy atom. The van der Waals surface area contributed by atoms with Crippen LogP contribution in [-0.4, -0.2) is 40.0 Å². The van der Waals surface area contributed by atoms with Crippen LogP contribution in [0.1, 0.15) is 29.6 Å². The topological polar surface area (TPSA) is 110 Å². The van der Waals surface area contributed by atoms with Crippen LogP contribution in [-0.2, 0) is 0 Å². The minimum absolute atomic E-state index is 0.0230. The van der Waals surface area contributed by atoms with E-state index in [4.69, 9.17) is 17.3 Å². The Morgan fingerprint density at radius 3 is 2.86 bits per heavy atom. The summed E-state index contributed by atoms with van der Waals surface area (Å²) in [5.41, 5.74) is 5.12. The number of piperidine rings is 1. The average molecular weight is 314 g/mol. The van der Waals surface area contributed by atoms with Crippen molar-refractivity contribution >= 4 is 28.9 Å². The summed E-state index contributed by atoms with van der Waals surface area (Å²) >= 11 is 5.87. The fourth-order valence-corrected chi connectivity index (χ4v) is 2.72. The van der Waals surface area contributed by atoms with Crippen LogP contribution >= 0.6 is 11.6 Å². The molecule has 3 N–H and O–H groups in total. The minimum Gasteiger partial charge on any atom is -0.394 e. The predicted octanol–water partition coefficient (Wildman–Crippen LogP) is 1.82. The predicted molar refractivity (Wildman–Crippen MR) is 78.3 cm³/mol. The first-order chi connectivity index (χ1) is 9.95. The third-order valence-electron chi connectivity index (χ3n) is 3.65. The second-order valence-electron chi connectivity index (χ2n) is 4.98. The van der Waals surface area contributed by atoms with Gasteiger partial charge in [0.15, 0.2) is 0 Å². The molecule has 0 aliphatic carbocycles. The molecule has 21 heavy (non-hydrogen) atoms. The maximum atomic E-state index is 12.5. The first-order valence-electron chi connectivity index (χ1n) is 6.61. The van der Waals surface area contributed by atoms with Gasteiger partial charge in [-0.05, 0) is 25.3 Å². The number of likely N-dealkylation sites (tertiary alicyclic amines) is 1. The van der Waals surface area contributed by atoms with E-state index >= 15 is 0 Å². The SMILES string of the molecule is Nc1c(Cl)cc(C(=O)N2CCCCC2CO)cc1[N+](=O)[O-]. The molecule has 1 unspecified atom stereocenters. The normalized spacial score (nSPS) is 18.6. The van der Waals surface area contributed by atoms with E-state index in [9.17, 15) is 20.0 Å². The fourth-order valence-electron chi connectivity index (χ4n) is 2.50. The zero-order valence-electron chi connectivity index (χ0n) is 11.3. The summed E-state index contributed by atoms with van der Waals surface area (Å²) in [6.07, 6.45) is 2.50. The highest BCUT2D eigenvalue weighted by Crippen LogP contribution is 2.32. The van der Waals surface area contributed by atoms with Gasteiger partial charge in [0.1, 0.15) is 5.69 Å². The van der Waals surface area contributed by atoms with Crippen LogP contribution in [0.5, 0.6) is 0 Å². The molecule has 1 aromatic rings. The number of nitrogen functional groups attached to an aromatic ring is 1. The van der Waals surface area contributed by atoms with Gasteiger partial charge in [0.2, 0.25) is 0 Å². The highest BCUT2D eigenvalue weighted by atomic mass is 35.5. The lowest BCUT2D eigenvalue weighted by atomic mass is 10.0. The number of carbonyl (C=O) groups excluding carboxylic acids is 1. The van der Waals surface area contributed by atoms with Crippen molar-refractivity contribution < 1.29 is 14.8 Å². The minimum atomic E-state index is -0.669. The molecule has 1 aromatic carbocycles. The summed E-state index contributed by atoms with van der Waals surface area (Å²) in [5.74, 6) is -0.376. The maximum absolute atomic E-state index is 12.5. The molecular weight excluding hydrogens is 298 g/mol. The molecule has 1 aliphatic heterocycles. The summed E-state index contributed by atoms with van der Waals surface area (Å²) in [5, 5.41) is 20.3. The summed E-state index contributed by atoms with van der Waals surface area (Å²) in [4.78, 5) is 24.3. The van der Waals surface area contributed by atoms with Gasteiger partial charge in [-0.15, -0.1) is 0 Å². The molecule has 0 radical (unpaired) electrons. The second kappa shape index (κ2) is 6.28. The van der Waals surface area contributed by atoms with E-state index in [1.807, 2.05) is 0 Å². The van der Waals surface area contributed by atoms with Crippen molar-refractivity contribution in [1.29, 1.82) is 0 Å². The van der Waals surface area contributed by atoms with Crippen LogP contribution in [0.2, 0.25) is 5.02 Å². The quantitative estimate of drug-likeness (QED) is 0.502. The van der Waals surface area contributed by atoms with Crippen LogP contribution in [0.25, 0.3) is 0 Å². The molecule has 0 saturated carbocycles. The summed E-state index contributed by atoms with van der Waals surface area (Å²) < 4.78 is 0. The number of benzene rings is 1. The second-order valence-corrected chi connectivity index (χ2v) is 5.39. The number of rotatable bonds is 3. The molecule has 2 rings (SSSR count). The van der Waals surface area contributed by atoms with E-state index in [-0.39, 0.29) is 40.5 Å². The Morgan fingerprint density at radius 2 is 2.24 bits per heavy atom. The van der Waals surface area contributed by atoms with Gasteiger partial charge in [-0.1, -0.05) is 11.6 Å². The van der Waals surface area contributed by atoms with Crippen molar-refractivity contribution in [1.82, 2.24) is 4.90 Å². The molecule has 1 fully saturated rings. The Hall–Kier alpha value is -1.86. The molecule has 114 valence electrons. The number of nitrogens with two attached hydrogens (primary N) is 1. The number of anilines is 1. The third kappa shape index (κ3) is 3.08. The number of nitro groups is 1. The van der Waals surface area contributed by atoms with Crippen molar-refractivity contribution in [2.75, 3.05) is 18.9 Å². The van der Waals surface area contributed by atoms with Crippen molar-refractivity contribution in [2.24, 2.45) is 0 Å². The summed E-state index contributed by atoms with van der Waals surface area (Å²) in [6.45, 7) is 0.385. The van der Waals surface area contributed by atoms with E-state index < -0.39 is 4.92 Å². The standard InChI is InChI=1S/C13H16ClN3O4/c14-10-5-8(6-11(12(10)15)17(20)21)13(19)16-4-2-1-3-9(16)7-18/h5-6,9,18H,1-4,7,15H2. The van der Waals surface area contributed by atoms with Gasteiger partial charge in [-0.25, -0.2) is 0 Å². The van der Waals surface area contributed by atoms with Crippen LogP contribution < -0.4 is 5.73 Å². The Kier molecular flexibility index (Phi) is 4.64. The maximum Gasteiger partial charge on any atom is 0.294 e. The van der Waals surface area contributed by atoms with E-state index in [0.717, 1.165) is 18.9 Å². The van der Waals surface area contributed by atoms with Crippen molar-refractivity contribution in [2.45, 2.75) is 25.3 Å². The molecule has 1 heterocycles. The van der Waals surface area contributed by atoms with Crippen molar-refractivity contribution in [3.63, 3.8) is 0 Å². The van der Waals surface area contributed by atoms with Crippen LogP contribution in [0.3, 0.4) is 0 Å². The molecule has 0 spiro atoms. The number of hydrogen-bond donors (Lipinski definition) is 2. The van der Waals surface area contributed by atoms with Gasteiger partial charge >= 0.3 is 0 Å². The molecule has 8 heteroatoms. The molecular formula is C13H16ClN3O4. The van der Waals surface area contributed by atoms with Crippen LogP contribution in [0.4, 0.5) is 11.4 Å². The molecule has 1 aliphatic rings. The number of aliphatic hydroxyl groups excluding tert-OH is 1. The lowest BCUT2D eigenvalue weighted by Gasteiger charge is -2.34. The van der Waals surface area contributed by atoms with Crippen molar-refractivity contribution in [3.8, 4) is 0 Å². The Bertz CT molecular complexity index is 579. The van der Waals surface area contributed by atoms with E-state index in [1.165, 1.54) is 11.0 Å². The molecule has 0 bridgehead atoms. The first kappa shape index (κ1) is 15.5. The first-order valence-corrected chi connectivity index (χ1v) is 6.98. The van der Waals surface area contributed by atoms with Gasteiger partial charge in [0.25, 0.3) is 11.6 Å². The summed E-state index contributed by atoms with van der Waals surface area (Å²) in [6, 6.07) is 2.20. The molecule has 1 saturated heterocycles. The zero-order valence-corrected chi connectivity index (χ0v) is 12.0. The largest absolute Gasteiger partial charge is 0.394 e. The highest BCUT2D eigenvalue weighted by molar-refractivity contribution is 6.34.